The SMILES string of the molecule is Cc1nn(C)c(C)c1CN(CCO)[C@H](C)C(=O)N1CCCC1. The van der Waals surface area contributed by atoms with Crippen molar-refractivity contribution >= 4 is 5.91 Å². The summed E-state index contributed by atoms with van der Waals surface area (Å²) in [5, 5.41) is 13.8. The zero-order chi connectivity index (χ0) is 16.3. The Morgan fingerprint density at radius 2 is 2.00 bits per heavy atom. The van der Waals surface area contributed by atoms with Gasteiger partial charge in [0.1, 0.15) is 0 Å². The summed E-state index contributed by atoms with van der Waals surface area (Å²) < 4.78 is 1.87. The van der Waals surface area contributed by atoms with Crippen molar-refractivity contribution in [3.05, 3.63) is 17.0 Å². The zero-order valence-electron chi connectivity index (χ0n) is 14.2. The standard InChI is InChI=1S/C16H28N4O2/c1-12-15(13(2)18(4)17-12)11-20(9-10-21)14(3)16(22)19-7-5-6-8-19/h14,21H,5-11H2,1-4H3/t14-/m1/s1. The molecule has 1 saturated heterocycles. The normalized spacial score (nSPS) is 16.5. The fourth-order valence-corrected chi connectivity index (χ4v) is 3.15. The lowest BCUT2D eigenvalue weighted by molar-refractivity contribution is -0.135. The monoisotopic (exact) mass is 308 g/mol. The smallest absolute Gasteiger partial charge is 0.239 e. The Hall–Kier alpha value is -1.40. The maximum Gasteiger partial charge on any atom is 0.239 e. The predicted molar refractivity (Wildman–Crippen MR) is 85.5 cm³/mol. The molecule has 6 nitrogen and oxygen atoms in total. The summed E-state index contributed by atoms with van der Waals surface area (Å²) >= 11 is 0. The van der Waals surface area contributed by atoms with Crippen LogP contribution in [0.2, 0.25) is 0 Å². The first-order valence-corrected chi connectivity index (χ1v) is 8.08. The molecule has 0 saturated carbocycles. The van der Waals surface area contributed by atoms with Gasteiger partial charge in [-0.1, -0.05) is 0 Å². The highest BCUT2D eigenvalue weighted by Crippen LogP contribution is 2.18. The number of aliphatic hydroxyl groups is 1. The Morgan fingerprint density at radius 3 is 2.50 bits per heavy atom. The number of amides is 1. The molecule has 1 N–H and O–H groups in total. The van der Waals surface area contributed by atoms with Gasteiger partial charge in [-0.15, -0.1) is 0 Å². The maximum absolute atomic E-state index is 12.6. The van der Waals surface area contributed by atoms with Crippen LogP contribution in [-0.2, 0) is 18.4 Å². The number of nitrogens with zero attached hydrogens (tertiary/aromatic N) is 4. The van der Waals surface area contributed by atoms with Crippen LogP contribution in [0.4, 0.5) is 0 Å². The topological polar surface area (TPSA) is 61.6 Å². The molecule has 2 heterocycles. The lowest BCUT2D eigenvalue weighted by Crippen LogP contribution is -2.47. The minimum Gasteiger partial charge on any atom is -0.395 e. The van der Waals surface area contributed by atoms with E-state index >= 15 is 0 Å². The van der Waals surface area contributed by atoms with Gasteiger partial charge in [-0.05, 0) is 33.6 Å². The second-order valence-corrected chi connectivity index (χ2v) is 6.18. The van der Waals surface area contributed by atoms with Crippen LogP contribution in [0, 0.1) is 13.8 Å². The fourth-order valence-electron chi connectivity index (χ4n) is 3.15. The summed E-state index contributed by atoms with van der Waals surface area (Å²) in [6.45, 7) is 8.89. The molecule has 1 aliphatic rings. The molecule has 1 fully saturated rings. The van der Waals surface area contributed by atoms with E-state index in [1.807, 2.05) is 37.4 Å². The summed E-state index contributed by atoms with van der Waals surface area (Å²) in [4.78, 5) is 16.6. The van der Waals surface area contributed by atoms with Crippen LogP contribution in [-0.4, -0.2) is 62.9 Å². The van der Waals surface area contributed by atoms with E-state index in [2.05, 4.69) is 10.00 Å². The largest absolute Gasteiger partial charge is 0.395 e. The summed E-state index contributed by atoms with van der Waals surface area (Å²) in [5.74, 6) is 0.171. The molecular formula is C16H28N4O2. The van der Waals surface area contributed by atoms with Crippen molar-refractivity contribution in [2.24, 2.45) is 7.05 Å². The molecular weight excluding hydrogens is 280 g/mol. The molecule has 0 aliphatic carbocycles. The first-order chi connectivity index (χ1) is 10.5. The highest BCUT2D eigenvalue weighted by molar-refractivity contribution is 5.81. The number of carbonyl (C=O) groups excluding carboxylic acids is 1. The van der Waals surface area contributed by atoms with Gasteiger partial charge in [-0.25, -0.2) is 0 Å². The third-order valence-electron chi connectivity index (χ3n) is 4.73. The minimum atomic E-state index is -0.218. The third-order valence-corrected chi connectivity index (χ3v) is 4.73. The Kier molecular flexibility index (Phi) is 5.58. The molecule has 2 rings (SSSR count). The number of hydrogen-bond acceptors (Lipinski definition) is 4. The molecule has 0 spiro atoms. The molecule has 6 heteroatoms. The summed E-state index contributed by atoms with van der Waals surface area (Å²) in [5.41, 5.74) is 3.25. The highest BCUT2D eigenvalue weighted by Gasteiger charge is 2.28. The Bertz CT molecular complexity index is 520. The quantitative estimate of drug-likeness (QED) is 0.846. The van der Waals surface area contributed by atoms with E-state index in [9.17, 15) is 9.90 Å². The first-order valence-electron chi connectivity index (χ1n) is 8.08. The van der Waals surface area contributed by atoms with Gasteiger partial charge >= 0.3 is 0 Å². The molecule has 1 aliphatic heterocycles. The lowest BCUT2D eigenvalue weighted by Gasteiger charge is -2.30. The van der Waals surface area contributed by atoms with Gasteiger partial charge < -0.3 is 10.0 Å². The predicted octanol–water partition coefficient (Wildman–Crippen LogP) is 0.842. The molecule has 0 radical (unpaired) electrons. The summed E-state index contributed by atoms with van der Waals surface area (Å²) in [6.07, 6.45) is 2.19. The molecule has 0 unspecified atom stereocenters. The zero-order valence-corrected chi connectivity index (χ0v) is 14.2. The fraction of sp³-hybridized carbons (Fsp3) is 0.750. The van der Waals surface area contributed by atoms with Gasteiger partial charge in [0.2, 0.25) is 5.91 Å². The number of aryl methyl sites for hydroxylation is 2. The third kappa shape index (κ3) is 3.50. The van der Waals surface area contributed by atoms with Crippen LogP contribution in [0.5, 0.6) is 0 Å². The van der Waals surface area contributed by atoms with Crippen LogP contribution < -0.4 is 0 Å². The van der Waals surface area contributed by atoms with Gasteiger partial charge in [0.25, 0.3) is 0 Å². The molecule has 1 atom stereocenters. The van der Waals surface area contributed by atoms with Gasteiger partial charge in [0, 0.05) is 44.5 Å². The number of likely N-dealkylation sites (tertiary alicyclic amines) is 1. The van der Waals surface area contributed by atoms with Crippen molar-refractivity contribution in [2.75, 3.05) is 26.2 Å². The Morgan fingerprint density at radius 1 is 1.36 bits per heavy atom. The molecule has 0 aromatic carbocycles. The van der Waals surface area contributed by atoms with Gasteiger partial charge in [-0.2, -0.15) is 5.10 Å². The second kappa shape index (κ2) is 7.24. The van der Waals surface area contributed by atoms with Crippen LogP contribution in [0.15, 0.2) is 0 Å². The molecule has 124 valence electrons. The molecule has 0 bridgehead atoms. The van der Waals surface area contributed by atoms with E-state index in [1.54, 1.807) is 0 Å². The first kappa shape index (κ1) is 17.0. The maximum atomic E-state index is 12.6. The van der Waals surface area contributed by atoms with Crippen molar-refractivity contribution < 1.29 is 9.90 Å². The van der Waals surface area contributed by atoms with E-state index in [0.29, 0.717) is 13.1 Å². The van der Waals surface area contributed by atoms with E-state index in [4.69, 9.17) is 0 Å². The van der Waals surface area contributed by atoms with Crippen molar-refractivity contribution in [1.29, 1.82) is 0 Å². The average Bonchev–Trinajstić information content (AvgIpc) is 3.10. The second-order valence-electron chi connectivity index (χ2n) is 6.18. The molecule has 1 aromatic rings. The van der Waals surface area contributed by atoms with Crippen molar-refractivity contribution in [3.63, 3.8) is 0 Å². The summed E-state index contributed by atoms with van der Waals surface area (Å²) in [6, 6.07) is -0.218. The van der Waals surface area contributed by atoms with Crippen molar-refractivity contribution in [1.82, 2.24) is 19.6 Å². The van der Waals surface area contributed by atoms with E-state index in [-0.39, 0.29) is 18.6 Å². The molecule has 1 aromatic heterocycles. The molecule has 1 amide bonds. The minimum absolute atomic E-state index is 0.0516. The Labute approximate surface area is 132 Å². The van der Waals surface area contributed by atoms with Crippen molar-refractivity contribution in [3.8, 4) is 0 Å². The Balaban J connectivity index is 2.13. The van der Waals surface area contributed by atoms with Crippen LogP contribution in [0.25, 0.3) is 0 Å². The number of aromatic nitrogens is 2. The highest BCUT2D eigenvalue weighted by atomic mass is 16.3. The van der Waals surface area contributed by atoms with E-state index < -0.39 is 0 Å². The number of aliphatic hydroxyl groups excluding tert-OH is 1. The van der Waals surface area contributed by atoms with Crippen molar-refractivity contribution in [2.45, 2.75) is 46.2 Å². The van der Waals surface area contributed by atoms with Crippen LogP contribution in [0.1, 0.15) is 36.7 Å². The van der Waals surface area contributed by atoms with Crippen LogP contribution >= 0.6 is 0 Å². The van der Waals surface area contributed by atoms with Crippen LogP contribution in [0.3, 0.4) is 0 Å². The number of carbonyl (C=O) groups is 1. The van der Waals surface area contributed by atoms with E-state index in [1.165, 1.54) is 0 Å². The average molecular weight is 308 g/mol. The molecule has 22 heavy (non-hydrogen) atoms. The van der Waals surface area contributed by atoms with Gasteiger partial charge in [0.15, 0.2) is 0 Å². The van der Waals surface area contributed by atoms with Gasteiger partial charge in [0.05, 0.1) is 18.3 Å². The number of hydrogen-bond donors (Lipinski definition) is 1. The summed E-state index contributed by atoms with van der Waals surface area (Å²) in [7, 11) is 1.93. The van der Waals surface area contributed by atoms with E-state index in [0.717, 1.165) is 42.9 Å². The lowest BCUT2D eigenvalue weighted by atomic mass is 10.1. The van der Waals surface area contributed by atoms with Gasteiger partial charge in [-0.3, -0.25) is 14.4 Å². The number of rotatable bonds is 6.